The average molecular weight is 159 g/mol. The standard InChI is InChI=1S/C7H13NO3/c1-3-5(2)7(11)8-4-6(9)10/h6,9-10H,2-4H2,1H3,(H,8,11). The highest BCUT2D eigenvalue weighted by Gasteiger charge is 2.04. The molecule has 0 fully saturated rings. The number of aliphatic hydroxyl groups is 2. The zero-order chi connectivity index (χ0) is 8.85. The molecule has 0 rings (SSSR count). The van der Waals surface area contributed by atoms with Crippen LogP contribution in [-0.2, 0) is 4.79 Å². The molecule has 0 bridgehead atoms. The van der Waals surface area contributed by atoms with Crippen molar-refractivity contribution in [1.29, 1.82) is 0 Å². The molecular formula is C7H13NO3. The highest BCUT2D eigenvalue weighted by Crippen LogP contribution is 1.94. The van der Waals surface area contributed by atoms with Crippen molar-refractivity contribution in [2.45, 2.75) is 19.6 Å². The third-order valence-corrected chi connectivity index (χ3v) is 1.19. The molecule has 0 unspecified atom stereocenters. The van der Waals surface area contributed by atoms with Crippen LogP contribution in [0.2, 0.25) is 0 Å². The van der Waals surface area contributed by atoms with Crippen LogP contribution in [0.15, 0.2) is 12.2 Å². The van der Waals surface area contributed by atoms with E-state index < -0.39 is 6.29 Å². The van der Waals surface area contributed by atoms with Crippen molar-refractivity contribution < 1.29 is 15.0 Å². The van der Waals surface area contributed by atoms with E-state index >= 15 is 0 Å². The van der Waals surface area contributed by atoms with Gasteiger partial charge in [-0.3, -0.25) is 4.79 Å². The number of amides is 1. The van der Waals surface area contributed by atoms with Gasteiger partial charge in [0, 0.05) is 5.57 Å². The summed E-state index contributed by atoms with van der Waals surface area (Å²) in [6.45, 7) is 5.12. The number of hydrogen-bond acceptors (Lipinski definition) is 3. The number of hydrogen-bond donors (Lipinski definition) is 3. The molecule has 1 amide bonds. The second kappa shape index (κ2) is 4.87. The number of aliphatic hydroxyl groups excluding tert-OH is 1. The van der Waals surface area contributed by atoms with Gasteiger partial charge in [0.05, 0.1) is 6.54 Å². The van der Waals surface area contributed by atoms with Gasteiger partial charge in [0.25, 0.3) is 0 Å². The van der Waals surface area contributed by atoms with Crippen molar-refractivity contribution in [2.24, 2.45) is 0 Å². The largest absolute Gasteiger partial charge is 0.367 e. The number of carbonyl (C=O) groups is 1. The molecular weight excluding hydrogens is 146 g/mol. The van der Waals surface area contributed by atoms with Gasteiger partial charge in [-0.05, 0) is 6.42 Å². The van der Waals surface area contributed by atoms with Gasteiger partial charge in [0.1, 0.15) is 0 Å². The van der Waals surface area contributed by atoms with Gasteiger partial charge < -0.3 is 15.5 Å². The van der Waals surface area contributed by atoms with E-state index in [0.717, 1.165) is 0 Å². The Morgan fingerprint density at radius 3 is 2.55 bits per heavy atom. The molecule has 11 heavy (non-hydrogen) atoms. The molecule has 0 saturated heterocycles. The highest BCUT2D eigenvalue weighted by molar-refractivity contribution is 5.92. The smallest absolute Gasteiger partial charge is 0.246 e. The zero-order valence-corrected chi connectivity index (χ0v) is 6.50. The van der Waals surface area contributed by atoms with Crippen LogP contribution in [-0.4, -0.2) is 29.0 Å². The lowest BCUT2D eigenvalue weighted by atomic mass is 10.2. The Balaban J connectivity index is 3.61. The molecule has 0 aliphatic heterocycles. The minimum absolute atomic E-state index is 0.155. The molecule has 3 N–H and O–H groups in total. The lowest BCUT2D eigenvalue weighted by Gasteiger charge is -2.06. The highest BCUT2D eigenvalue weighted by atomic mass is 16.5. The minimum atomic E-state index is -1.50. The van der Waals surface area contributed by atoms with E-state index in [1.165, 1.54) is 0 Å². The summed E-state index contributed by atoms with van der Waals surface area (Å²) < 4.78 is 0. The second-order valence-electron chi connectivity index (χ2n) is 2.15. The summed E-state index contributed by atoms with van der Waals surface area (Å²) in [5.41, 5.74) is 0.436. The van der Waals surface area contributed by atoms with Crippen molar-refractivity contribution in [3.8, 4) is 0 Å². The van der Waals surface area contributed by atoms with Crippen LogP contribution < -0.4 is 5.32 Å². The van der Waals surface area contributed by atoms with Gasteiger partial charge >= 0.3 is 0 Å². The molecule has 0 aliphatic rings. The van der Waals surface area contributed by atoms with Crippen molar-refractivity contribution in [1.82, 2.24) is 5.32 Å². The molecule has 4 nitrogen and oxygen atoms in total. The van der Waals surface area contributed by atoms with Gasteiger partial charge in [-0.2, -0.15) is 0 Å². The molecule has 0 aliphatic carbocycles. The van der Waals surface area contributed by atoms with E-state index in [2.05, 4.69) is 11.9 Å². The first-order valence-electron chi connectivity index (χ1n) is 3.40. The third kappa shape index (κ3) is 4.52. The molecule has 0 aromatic heterocycles. The van der Waals surface area contributed by atoms with Crippen molar-refractivity contribution >= 4 is 5.91 Å². The molecule has 0 atom stereocenters. The summed E-state index contributed by atoms with van der Waals surface area (Å²) in [5.74, 6) is -0.333. The Morgan fingerprint density at radius 2 is 2.18 bits per heavy atom. The van der Waals surface area contributed by atoms with Crippen molar-refractivity contribution in [2.75, 3.05) is 6.54 Å². The molecule has 0 aromatic carbocycles. The third-order valence-electron chi connectivity index (χ3n) is 1.19. The van der Waals surface area contributed by atoms with E-state index in [0.29, 0.717) is 12.0 Å². The average Bonchev–Trinajstić information content (AvgIpc) is 1.98. The van der Waals surface area contributed by atoms with Crippen LogP contribution in [0.3, 0.4) is 0 Å². The predicted molar refractivity (Wildman–Crippen MR) is 40.7 cm³/mol. The second-order valence-corrected chi connectivity index (χ2v) is 2.15. The van der Waals surface area contributed by atoms with Crippen LogP contribution in [0.1, 0.15) is 13.3 Å². The monoisotopic (exact) mass is 159 g/mol. The minimum Gasteiger partial charge on any atom is -0.367 e. The lowest BCUT2D eigenvalue weighted by Crippen LogP contribution is -2.32. The number of nitrogens with one attached hydrogen (secondary N) is 1. The van der Waals surface area contributed by atoms with Crippen LogP contribution in [0.25, 0.3) is 0 Å². The molecule has 4 heteroatoms. The van der Waals surface area contributed by atoms with E-state index in [1.54, 1.807) is 6.92 Å². The van der Waals surface area contributed by atoms with Crippen molar-refractivity contribution in [3.05, 3.63) is 12.2 Å². The van der Waals surface area contributed by atoms with E-state index in [1.807, 2.05) is 0 Å². The molecule has 0 saturated carbocycles. The first-order chi connectivity index (χ1) is 5.07. The summed E-state index contributed by atoms with van der Waals surface area (Å²) >= 11 is 0. The first-order valence-corrected chi connectivity index (χ1v) is 3.40. The molecule has 0 spiro atoms. The Morgan fingerprint density at radius 1 is 1.64 bits per heavy atom. The van der Waals surface area contributed by atoms with Crippen LogP contribution in [0, 0.1) is 0 Å². The summed E-state index contributed by atoms with van der Waals surface area (Å²) in [7, 11) is 0. The van der Waals surface area contributed by atoms with Gasteiger partial charge in [0.2, 0.25) is 5.91 Å². The fourth-order valence-corrected chi connectivity index (χ4v) is 0.470. The Hall–Kier alpha value is -0.870. The SMILES string of the molecule is C=C(CC)C(=O)NCC(O)O. The maximum atomic E-state index is 10.8. The summed E-state index contributed by atoms with van der Waals surface area (Å²) in [4.78, 5) is 10.8. The number of rotatable bonds is 4. The summed E-state index contributed by atoms with van der Waals surface area (Å²) in [6.07, 6.45) is -0.934. The van der Waals surface area contributed by atoms with Crippen LogP contribution >= 0.6 is 0 Å². The fourth-order valence-electron chi connectivity index (χ4n) is 0.470. The molecule has 64 valence electrons. The van der Waals surface area contributed by atoms with Gasteiger partial charge in [-0.15, -0.1) is 0 Å². The maximum absolute atomic E-state index is 10.8. The fraction of sp³-hybridized carbons (Fsp3) is 0.571. The lowest BCUT2D eigenvalue weighted by molar-refractivity contribution is -0.120. The first kappa shape index (κ1) is 10.1. The topological polar surface area (TPSA) is 69.6 Å². The molecule has 0 aromatic rings. The van der Waals surface area contributed by atoms with Crippen LogP contribution in [0.4, 0.5) is 0 Å². The van der Waals surface area contributed by atoms with Gasteiger partial charge in [-0.25, -0.2) is 0 Å². The Labute approximate surface area is 65.5 Å². The van der Waals surface area contributed by atoms with E-state index in [-0.39, 0.29) is 12.5 Å². The zero-order valence-electron chi connectivity index (χ0n) is 6.50. The molecule has 0 heterocycles. The summed E-state index contributed by atoms with van der Waals surface area (Å²) in [6, 6.07) is 0. The van der Waals surface area contributed by atoms with E-state index in [9.17, 15) is 4.79 Å². The van der Waals surface area contributed by atoms with E-state index in [4.69, 9.17) is 10.2 Å². The molecule has 0 radical (unpaired) electrons. The van der Waals surface area contributed by atoms with Crippen molar-refractivity contribution in [3.63, 3.8) is 0 Å². The maximum Gasteiger partial charge on any atom is 0.246 e. The van der Waals surface area contributed by atoms with Gasteiger partial charge in [0.15, 0.2) is 6.29 Å². The predicted octanol–water partition coefficient (Wildman–Crippen LogP) is -0.621. The van der Waals surface area contributed by atoms with Crippen LogP contribution in [0.5, 0.6) is 0 Å². The van der Waals surface area contributed by atoms with Gasteiger partial charge in [-0.1, -0.05) is 13.5 Å². The normalized spacial score (nSPS) is 9.82. The number of carbonyl (C=O) groups excluding carboxylic acids is 1. The Kier molecular flexibility index (Phi) is 4.49. The summed E-state index contributed by atoms with van der Waals surface area (Å²) in [5, 5.41) is 19.0. The Bertz CT molecular complexity index is 154. The quantitative estimate of drug-likeness (QED) is 0.378.